The lowest BCUT2D eigenvalue weighted by Gasteiger charge is -2.12. The zero-order chi connectivity index (χ0) is 23.8. The summed E-state index contributed by atoms with van der Waals surface area (Å²) < 4.78 is 38.2. The van der Waals surface area contributed by atoms with E-state index in [1.165, 1.54) is 37.4 Å². The molecule has 0 aliphatic rings. The summed E-state index contributed by atoms with van der Waals surface area (Å²) in [7, 11) is -2.53. The summed E-state index contributed by atoms with van der Waals surface area (Å²) in [5, 5.41) is 0.230. The van der Waals surface area contributed by atoms with E-state index < -0.39 is 21.8 Å². The molecule has 0 aromatic heterocycles. The summed E-state index contributed by atoms with van der Waals surface area (Å²) in [6.45, 7) is -0.378. The lowest BCUT2D eigenvalue weighted by molar-refractivity contribution is -0.123. The minimum Gasteiger partial charge on any atom is -0.493 e. The average molecular weight is 490 g/mol. The summed E-state index contributed by atoms with van der Waals surface area (Å²) in [6.07, 6.45) is 0. The predicted molar refractivity (Wildman–Crippen MR) is 123 cm³/mol. The highest BCUT2D eigenvalue weighted by Gasteiger charge is 2.18. The van der Waals surface area contributed by atoms with E-state index in [1.807, 2.05) is 0 Å². The first kappa shape index (κ1) is 23.9. The van der Waals surface area contributed by atoms with Gasteiger partial charge in [0.15, 0.2) is 18.1 Å². The molecule has 0 saturated heterocycles. The van der Waals surface area contributed by atoms with Crippen molar-refractivity contribution in [2.45, 2.75) is 4.90 Å². The standard InChI is InChI=1S/C22H20ClN3O6S/c1-31-19-11-4-5-12-20(19)32-14-21(27)24-25-22(28)15-7-6-8-16(13-15)33(29,30)26-18-10-3-2-9-17(18)23/h2-13,26H,14H2,1H3,(H,24,27)(H,25,28). The van der Waals surface area contributed by atoms with Crippen LogP contribution in [0.1, 0.15) is 10.4 Å². The molecular formula is C22H20ClN3O6S. The minimum absolute atomic E-state index is 0.0166. The number of ether oxygens (including phenoxy) is 2. The number of anilines is 1. The molecule has 0 spiro atoms. The molecule has 3 aromatic rings. The van der Waals surface area contributed by atoms with E-state index in [0.29, 0.717) is 11.5 Å². The number of hydrogen-bond acceptors (Lipinski definition) is 6. The molecule has 9 nitrogen and oxygen atoms in total. The smallest absolute Gasteiger partial charge is 0.276 e. The lowest BCUT2D eigenvalue weighted by Crippen LogP contribution is -2.43. The average Bonchev–Trinajstić information content (AvgIpc) is 2.82. The number of sulfonamides is 1. The molecule has 0 radical (unpaired) electrons. The van der Waals surface area contributed by atoms with Gasteiger partial charge in [0.1, 0.15) is 0 Å². The largest absolute Gasteiger partial charge is 0.493 e. The van der Waals surface area contributed by atoms with Gasteiger partial charge in [-0.05, 0) is 42.5 Å². The second-order valence-corrected chi connectivity index (χ2v) is 8.64. The summed E-state index contributed by atoms with van der Waals surface area (Å²) in [5.41, 5.74) is 4.64. The maximum absolute atomic E-state index is 12.7. The predicted octanol–water partition coefficient (Wildman–Crippen LogP) is 2.99. The maximum atomic E-state index is 12.7. The Morgan fingerprint density at radius 3 is 2.33 bits per heavy atom. The van der Waals surface area contributed by atoms with Gasteiger partial charge in [-0.25, -0.2) is 8.42 Å². The SMILES string of the molecule is COc1ccccc1OCC(=O)NNC(=O)c1cccc(S(=O)(=O)Nc2ccccc2Cl)c1. The number of halogens is 1. The molecule has 3 aromatic carbocycles. The zero-order valence-corrected chi connectivity index (χ0v) is 18.9. The molecule has 33 heavy (non-hydrogen) atoms. The van der Waals surface area contributed by atoms with Crippen LogP contribution >= 0.6 is 11.6 Å². The molecule has 2 amide bonds. The molecule has 3 rings (SSSR count). The van der Waals surface area contributed by atoms with Crippen LogP contribution in [0.2, 0.25) is 5.02 Å². The van der Waals surface area contributed by atoms with Crippen LogP contribution in [-0.2, 0) is 14.8 Å². The monoisotopic (exact) mass is 489 g/mol. The van der Waals surface area contributed by atoms with Crippen molar-refractivity contribution in [2.24, 2.45) is 0 Å². The van der Waals surface area contributed by atoms with Gasteiger partial charge in [-0.2, -0.15) is 0 Å². The van der Waals surface area contributed by atoms with Gasteiger partial charge in [0.25, 0.3) is 21.8 Å². The van der Waals surface area contributed by atoms with Crippen molar-refractivity contribution < 1.29 is 27.5 Å². The first-order valence-electron chi connectivity index (χ1n) is 9.52. The van der Waals surface area contributed by atoms with Crippen molar-refractivity contribution in [2.75, 3.05) is 18.4 Å². The van der Waals surface area contributed by atoms with Crippen molar-refractivity contribution in [1.29, 1.82) is 0 Å². The van der Waals surface area contributed by atoms with Gasteiger partial charge < -0.3 is 9.47 Å². The van der Waals surface area contributed by atoms with Gasteiger partial charge in [0, 0.05) is 5.56 Å². The number of hydrazine groups is 1. The van der Waals surface area contributed by atoms with Gasteiger partial charge in [-0.15, -0.1) is 0 Å². The quantitative estimate of drug-likeness (QED) is 0.418. The summed E-state index contributed by atoms with van der Waals surface area (Å²) in [6, 6.07) is 18.5. The molecule has 0 aliphatic carbocycles. The summed E-state index contributed by atoms with van der Waals surface area (Å²) in [5.74, 6) is -0.517. The number of amides is 2. The van der Waals surface area contributed by atoms with Gasteiger partial charge in [-0.1, -0.05) is 41.9 Å². The summed E-state index contributed by atoms with van der Waals surface area (Å²) in [4.78, 5) is 24.2. The van der Waals surface area contributed by atoms with Crippen molar-refractivity contribution in [1.82, 2.24) is 10.9 Å². The molecule has 0 bridgehead atoms. The molecule has 0 aliphatic heterocycles. The number of para-hydroxylation sites is 3. The third-order valence-corrected chi connectivity index (χ3v) is 5.96. The molecule has 0 fully saturated rings. The highest BCUT2D eigenvalue weighted by Crippen LogP contribution is 2.26. The second kappa shape index (κ2) is 10.7. The van der Waals surface area contributed by atoms with Gasteiger partial charge in [0.05, 0.1) is 22.7 Å². The lowest BCUT2D eigenvalue weighted by atomic mass is 10.2. The molecule has 0 heterocycles. The Balaban J connectivity index is 1.60. The van der Waals surface area contributed by atoms with Crippen LogP contribution in [-0.4, -0.2) is 33.9 Å². The molecule has 3 N–H and O–H groups in total. The third-order valence-electron chi connectivity index (χ3n) is 4.27. The maximum Gasteiger partial charge on any atom is 0.276 e. The van der Waals surface area contributed by atoms with E-state index >= 15 is 0 Å². The Morgan fingerprint density at radius 2 is 1.61 bits per heavy atom. The first-order chi connectivity index (χ1) is 15.8. The number of methoxy groups -OCH3 is 1. The molecule has 11 heteroatoms. The number of rotatable bonds is 8. The fraction of sp³-hybridized carbons (Fsp3) is 0.0909. The highest BCUT2D eigenvalue weighted by atomic mass is 35.5. The summed E-state index contributed by atoms with van der Waals surface area (Å²) >= 11 is 6.00. The van der Waals surface area contributed by atoms with E-state index in [2.05, 4.69) is 15.6 Å². The Bertz CT molecular complexity index is 1270. The minimum atomic E-state index is -4.00. The normalized spacial score (nSPS) is 10.7. The van der Waals surface area contributed by atoms with Crippen molar-refractivity contribution in [3.05, 3.63) is 83.4 Å². The van der Waals surface area contributed by atoms with E-state index in [1.54, 1.807) is 42.5 Å². The molecule has 0 unspecified atom stereocenters. The first-order valence-corrected chi connectivity index (χ1v) is 11.4. The number of carbonyl (C=O) groups excluding carboxylic acids is 2. The van der Waals surface area contributed by atoms with Gasteiger partial charge >= 0.3 is 0 Å². The van der Waals surface area contributed by atoms with Crippen LogP contribution in [0.3, 0.4) is 0 Å². The Hall–Kier alpha value is -3.76. The van der Waals surface area contributed by atoms with Gasteiger partial charge in [-0.3, -0.25) is 25.2 Å². The molecular weight excluding hydrogens is 470 g/mol. The fourth-order valence-electron chi connectivity index (χ4n) is 2.67. The van der Waals surface area contributed by atoms with Crippen molar-refractivity contribution in [3.8, 4) is 11.5 Å². The van der Waals surface area contributed by atoms with Crippen LogP contribution in [0.4, 0.5) is 5.69 Å². The van der Waals surface area contributed by atoms with Crippen LogP contribution in [0.5, 0.6) is 11.5 Å². The number of nitrogens with one attached hydrogen (secondary N) is 3. The highest BCUT2D eigenvalue weighted by molar-refractivity contribution is 7.92. The Kier molecular flexibility index (Phi) is 7.75. The van der Waals surface area contributed by atoms with E-state index in [9.17, 15) is 18.0 Å². The number of hydrogen-bond donors (Lipinski definition) is 3. The van der Waals surface area contributed by atoms with E-state index in [-0.39, 0.29) is 27.8 Å². The molecule has 0 atom stereocenters. The Morgan fingerprint density at radius 1 is 0.909 bits per heavy atom. The van der Waals surface area contributed by atoms with Crippen LogP contribution in [0.25, 0.3) is 0 Å². The fourth-order valence-corrected chi connectivity index (χ4v) is 4.03. The topological polar surface area (TPSA) is 123 Å². The van der Waals surface area contributed by atoms with Crippen molar-refractivity contribution in [3.63, 3.8) is 0 Å². The van der Waals surface area contributed by atoms with Crippen LogP contribution < -0.4 is 25.0 Å². The number of carbonyl (C=O) groups is 2. The second-order valence-electron chi connectivity index (χ2n) is 6.56. The van der Waals surface area contributed by atoms with Gasteiger partial charge in [0.2, 0.25) is 0 Å². The Labute approximate surface area is 195 Å². The van der Waals surface area contributed by atoms with Crippen molar-refractivity contribution >= 4 is 39.1 Å². The zero-order valence-electron chi connectivity index (χ0n) is 17.4. The third kappa shape index (κ3) is 6.37. The van der Waals surface area contributed by atoms with E-state index in [0.717, 1.165) is 0 Å². The van der Waals surface area contributed by atoms with E-state index in [4.69, 9.17) is 21.1 Å². The number of benzene rings is 3. The van der Waals surface area contributed by atoms with Crippen LogP contribution in [0, 0.1) is 0 Å². The molecule has 172 valence electrons. The van der Waals surface area contributed by atoms with Crippen LogP contribution in [0.15, 0.2) is 77.7 Å². The molecule has 0 saturated carbocycles.